The Labute approximate surface area is 150 Å². The van der Waals surface area contributed by atoms with E-state index in [4.69, 9.17) is 10.5 Å². The van der Waals surface area contributed by atoms with Gasteiger partial charge in [-0.05, 0) is 37.3 Å². The van der Waals surface area contributed by atoms with Crippen LogP contribution in [0, 0.1) is 11.6 Å². The van der Waals surface area contributed by atoms with E-state index in [0.29, 0.717) is 28.5 Å². The van der Waals surface area contributed by atoms with Crippen LogP contribution in [0.25, 0.3) is 11.3 Å². The molecule has 26 heavy (non-hydrogen) atoms. The number of para-hydroxylation sites is 1. The molecule has 3 rings (SSSR count). The number of nitrogens with zero attached hydrogens (tertiary/aromatic N) is 2. The molecule has 0 aliphatic carbocycles. The van der Waals surface area contributed by atoms with Crippen molar-refractivity contribution >= 4 is 11.5 Å². The SMILES string of the molecule is CC(N)=Nc1ccccc1-c1ncccc1OCc1c(F)cccc1F. The van der Waals surface area contributed by atoms with E-state index in [1.807, 2.05) is 18.2 Å². The average molecular weight is 353 g/mol. The van der Waals surface area contributed by atoms with E-state index in [0.717, 1.165) is 0 Å². The number of hydrogen-bond donors (Lipinski definition) is 1. The maximum atomic E-state index is 13.8. The molecule has 1 heterocycles. The standard InChI is InChI=1S/C20H17F2N3O/c1-13(23)25-18-9-3-2-6-14(18)20-19(10-5-11-24-20)26-12-15-16(21)7-4-8-17(15)22/h2-11H,12H2,1H3,(H2,23,25). The Morgan fingerprint density at radius 2 is 1.77 bits per heavy atom. The summed E-state index contributed by atoms with van der Waals surface area (Å²) in [6.45, 7) is 1.44. The van der Waals surface area contributed by atoms with Crippen molar-refractivity contribution in [2.75, 3.05) is 0 Å². The average Bonchev–Trinajstić information content (AvgIpc) is 2.62. The number of nitrogens with two attached hydrogens (primary N) is 1. The molecule has 0 aliphatic rings. The minimum absolute atomic E-state index is 0.133. The second-order valence-electron chi connectivity index (χ2n) is 5.61. The predicted octanol–water partition coefficient (Wildman–Crippen LogP) is 4.61. The van der Waals surface area contributed by atoms with Gasteiger partial charge in [-0.25, -0.2) is 13.8 Å². The summed E-state index contributed by atoms with van der Waals surface area (Å²) in [5, 5.41) is 0. The van der Waals surface area contributed by atoms with Crippen LogP contribution in [-0.4, -0.2) is 10.8 Å². The van der Waals surface area contributed by atoms with Gasteiger partial charge in [-0.3, -0.25) is 4.98 Å². The lowest BCUT2D eigenvalue weighted by atomic mass is 10.1. The Morgan fingerprint density at radius 1 is 1.04 bits per heavy atom. The quantitative estimate of drug-likeness (QED) is 0.538. The maximum Gasteiger partial charge on any atom is 0.146 e. The first kappa shape index (κ1) is 17.5. The zero-order valence-corrected chi connectivity index (χ0v) is 14.1. The fraction of sp³-hybridized carbons (Fsp3) is 0.100. The largest absolute Gasteiger partial charge is 0.486 e. The molecular formula is C20H17F2N3O. The van der Waals surface area contributed by atoms with E-state index < -0.39 is 11.6 Å². The third-order valence-electron chi connectivity index (χ3n) is 3.66. The number of amidine groups is 1. The Morgan fingerprint density at radius 3 is 2.50 bits per heavy atom. The van der Waals surface area contributed by atoms with E-state index in [1.165, 1.54) is 18.2 Å². The number of aromatic nitrogens is 1. The van der Waals surface area contributed by atoms with Crippen molar-refractivity contribution in [2.45, 2.75) is 13.5 Å². The van der Waals surface area contributed by atoms with E-state index in [1.54, 1.807) is 31.3 Å². The lowest BCUT2D eigenvalue weighted by Gasteiger charge is -2.13. The molecule has 0 saturated carbocycles. The van der Waals surface area contributed by atoms with Crippen molar-refractivity contribution in [3.8, 4) is 17.0 Å². The van der Waals surface area contributed by atoms with Crippen LogP contribution in [0.1, 0.15) is 12.5 Å². The molecule has 0 bridgehead atoms. The molecule has 132 valence electrons. The molecule has 2 N–H and O–H groups in total. The molecule has 0 aliphatic heterocycles. The van der Waals surface area contributed by atoms with Crippen LogP contribution in [0.3, 0.4) is 0 Å². The Hall–Kier alpha value is -3.28. The van der Waals surface area contributed by atoms with Crippen LogP contribution < -0.4 is 10.5 Å². The first-order valence-corrected chi connectivity index (χ1v) is 7.97. The molecule has 6 heteroatoms. The number of rotatable bonds is 5. The van der Waals surface area contributed by atoms with Gasteiger partial charge < -0.3 is 10.5 Å². The zero-order valence-electron chi connectivity index (χ0n) is 14.1. The third-order valence-corrected chi connectivity index (χ3v) is 3.66. The van der Waals surface area contributed by atoms with Gasteiger partial charge in [0.2, 0.25) is 0 Å². The minimum atomic E-state index is -0.654. The second-order valence-corrected chi connectivity index (χ2v) is 5.61. The monoisotopic (exact) mass is 353 g/mol. The fourth-order valence-electron chi connectivity index (χ4n) is 2.49. The van der Waals surface area contributed by atoms with Crippen molar-refractivity contribution < 1.29 is 13.5 Å². The summed E-state index contributed by atoms with van der Waals surface area (Å²) in [6, 6.07) is 14.4. The summed E-state index contributed by atoms with van der Waals surface area (Å²) in [5.74, 6) is -0.504. The number of benzene rings is 2. The van der Waals surface area contributed by atoms with Crippen molar-refractivity contribution in [1.29, 1.82) is 0 Å². The van der Waals surface area contributed by atoms with Gasteiger partial charge in [0.1, 0.15) is 29.7 Å². The number of halogens is 2. The summed E-state index contributed by atoms with van der Waals surface area (Å²) in [7, 11) is 0. The molecule has 2 aromatic carbocycles. The van der Waals surface area contributed by atoms with Crippen LogP contribution in [-0.2, 0) is 6.61 Å². The van der Waals surface area contributed by atoms with E-state index in [2.05, 4.69) is 9.98 Å². The molecule has 0 amide bonds. The highest BCUT2D eigenvalue weighted by molar-refractivity contribution is 5.85. The highest BCUT2D eigenvalue weighted by atomic mass is 19.1. The van der Waals surface area contributed by atoms with E-state index in [-0.39, 0.29) is 12.2 Å². The molecule has 0 radical (unpaired) electrons. The van der Waals surface area contributed by atoms with Gasteiger partial charge in [-0.15, -0.1) is 0 Å². The van der Waals surface area contributed by atoms with Crippen molar-refractivity contribution in [3.63, 3.8) is 0 Å². The lowest BCUT2D eigenvalue weighted by molar-refractivity contribution is 0.293. The fourth-order valence-corrected chi connectivity index (χ4v) is 2.49. The Kier molecular flexibility index (Phi) is 5.22. The summed E-state index contributed by atoms with van der Waals surface area (Å²) in [6.07, 6.45) is 1.61. The second kappa shape index (κ2) is 7.74. The van der Waals surface area contributed by atoms with Crippen molar-refractivity contribution in [2.24, 2.45) is 10.7 Å². The molecule has 0 atom stereocenters. The molecule has 4 nitrogen and oxygen atoms in total. The molecular weight excluding hydrogens is 336 g/mol. The van der Waals surface area contributed by atoms with Crippen LogP contribution in [0.5, 0.6) is 5.75 Å². The molecule has 0 saturated heterocycles. The summed E-state index contributed by atoms with van der Waals surface area (Å²) in [5.41, 5.74) is 7.42. The Balaban J connectivity index is 1.97. The van der Waals surface area contributed by atoms with Gasteiger partial charge in [0, 0.05) is 11.8 Å². The van der Waals surface area contributed by atoms with Crippen molar-refractivity contribution in [1.82, 2.24) is 4.98 Å². The Bertz CT molecular complexity index is 933. The highest BCUT2D eigenvalue weighted by Gasteiger charge is 2.14. The van der Waals surface area contributed by atoms with Gasteiger partial charge in [0.25, 0.3) is 0 Å². The van der Waals surface area contributed by atoms with E-state index >= 15 is 0 Å². The first-order chi connectivity index (χ1) is 12.6. The molecule has 3 aromatic rings. The van der Waals surface area contributed by atoms with Crippen LogP contribution >= 0.6 is 0 Å². The minimum Gasteiger partial charge on any atom is -0.486 e. The van der Waals surface area contributed by atoms with Gasteiger partial charge in [-0.1, -0.05) is 24.3 Å². The topological polar surface area (TPSA) is 60.5 Å². The number of ether oxygens (including phenoxy) is 1. The molecule has 0 spiro atoms. The lowest BCUT2D eigenvalue weighted by Crippen LogP contribution is -2.05. The van der Waals surface area contributed by atoms with Gasteiger partial charge in [-0.2, -0.15) is 0 Å². The van der Waals surface area contributed by atoms with Crippen LogP contribution in [0.2, 0.25) is 0 Å². The number of aliphatic imine (C=N–C) groups is 1. The third kappa shape index (κ3) is 3.85. The summed E-state index contributed by atoms with van der Waals surface area (Å²) >= 11 is 0. The van der Waals surface area contributed by atoms with Gasteiger partial charge in [0.15, 0.2) is 0 Å². The van der Waals surface area contributed by atoms with Crippen molar-refractivity contribution in [3.05, 3.63) is 78.0 Å². The predicted molar refractivity (Wildman–Crippen MR) is 97.3 cm³/mol. The van der Waals surface area contributed by atoms with Crippen LogP contribution in [0.15, 0.2) is 65.8 Å². The van der Waals surface area contributed by atoms with Crippen LogP contribution in [0.4, 0.5) is 14.5 Å². The number of pyridine rings is 1. The maximum absolute atomic E-state index is 13.8. The molecule has 1 aromatic heterocycles. The molecule has 0 fully saturated rings. The number of hydrogen-bond acceptors (Lipinski definition) is 3. The normalized spacial score (nSPS) is 11.4. The van der Waals surface area contributed by atoms with Gasteiger partial charge >= 0.3 is 0 Å². The zero-order chi connectivity index (χ0) is 18.5. The summed E-state index contributed by atoms with van der Waals surface area (Å²) in [4.78, 5) is 8.65. The smallest absolute Gasteiger partial charge is 0.146 e. The highest BCUT2D eigenvalue weighted by Crippen LogP contribution is 2.35. The first-order valence-electron chi connectivity index (χ1n) is 7.97. The molecule has 0 unspecified atom stereocenters. The summed E-state index contributed by atoms with van der Waals surface area (Å²) < 4.78 is 33.3. The van der Waals surface area contributed by atoms with E-state index in [9.17, 15) is 8.78 Å². The van der Waals surface area contributed by atoms with Gasteiger partial charge in [0.05, 0.1) is 17.1 Å².